The van der Waals surface area contributed by atoms with E-state index in [4.69, 9.17) is 11.6 Å². The number of aliphatic hydroxyl groups is 1. The van der Waals surface area contributed by atoms with Gasteiger partial charge >= 0.3 is 0 Å². The maximum atomic E-state index is 10.2. The molecule has 0 aliphatic carbocycles. The highest BCUT2D eigenvalue weighted by molar-refractivity contribution is 9.11. The zero-order valence-electron chi connectivity index (χ0n) is 9.28. The van der Waals surface area contributed by atoms with Gasteiger partial charge in [-0.05, 0) is 55.6 Å². The van der Waals surface area contributed by atoms with Crippen molar-refractivity contribution >= 4 is 43.5 Å². The van der Waals surface area contributed by atoms with E-state index in [2.05, 4.69) is 36.8 Å². The predicted octanol–water partition coefficient (Wildman–Crippen LogP) is 4.54. The third-order valence-electron chi connectivity index (χ3n) is 2.49. The number of benzene rings is 1. The first kappa shape index (κ1) is 14.0. The van der Waals surface area contributed by atoms with Crippen LogP contribution in [0.4, 0.5) is 0 Å². The van der Waals surface area contributed by atoms with Gasteiger partial charge in [-0.15, -0.1) is 0 Å². The number of aliphatic hydroxyl groups excluding tert-OH is 1. The molecule has 0 bridgehead atoms. The highest BCUT2D eigenvalue weighted by atomic mass is 79.9. The molecule has 1 heterocycles. The van der Waals surface area contributed by atoms with Gasteiger partial charge in [0.05, 0.1) is 5.69 Å². The lowest BCUT2D eigenvalue weighted by atomic mass is 10.1. The highest BCUT2D eigenvalue weighted by Crippen LogP contribution is 2.26. The zero-order valence-corrected chi connectivity index (χ0v) is 13.2. The van der Waals surface area contributed by atoms with Crippen molar-refractivity contribution in [1.82, 2.24) is 4.98 Å². The molecule has 2 rings (SSSR count). The Morgan fingerprint density at radius 2 is 1.89 bits per heavy atom. The van der Waals surface area contributed by atoms with Gasteiger partial charge in [0.15, 0.2) is 0 Å². The van der Waals surface area contributed by atoms with Crippen LogP contribution >= 0.6 is 43.5 Å². The van der Waals surface area contributed by atoms with Crippen molar-refractivity contribution in [2.24, 2.45) is 0 Å². The third-order valence-corrected chi connectivity index (χ3v) is 3.82. The molecular formula is C13H10Br2ClNO. The second kappa shape index (κ2) is 6.15. The molecule has 0 amide bonds. The Morgan fingerprint density at radius 3 is 2.50 bits per heavy atom. The van der Waals surface area contributed by atoms with Gasteiger partial charge in [-0.2, -0.15) is 0 Å². The fourth-order valence-electron chi connectivity index (χ4n) is 1.61. The van der Waals surface area contributed by atoms with Gasteiger partial charge < -0.3 is 5.11 Å². The molecule has 0 aliphatic heterocycles. The van der Waals surface area contributed by atoms with Crippen molar-refractivity contribution in [2.75, 3.05) is 0 Å². The minimum Gasteiger partial charge on any atom is -0.386 e. The molecule has 1 N–H and O–H groups in total. The summed E-state index contributed by atoms with van der Waals surface area (Å²) in [5.74, 6) is 0. The van der Waals surface area contributed by atoms with E-state index in [1.54, 1.807) is 6.20 Å². The third kappa shape index (κ3) is 3.54. The average molecular weight is 391 g/mol. The topological polar surface area (TPSA) is 33.1 Å². The second-order valence-corrected chi connectivity index (χ2v) is 6.07. The van der Waals surface area contributed by atoms with Crippen molar-refractivity contribution < 1.29 is 5.11 Å². The van der Waals surface area contributed by atoms with Gasteiger partial charge in [0.25, 0.3) is 0 Å². The zero-order chi connectivity index (χ0) is 13.1. The van der Waals surface area contributed by atoms with Crippen LogP contribution in [-0.4, -0.2) is 10.1 Å². The first-order valence-corrected chi connectivity index (χ1v) is 7.26. The van der Waals surface area contributed by atoms with Gasteiger partial charge in [-0.1, -0.05) is 23.7 Å². The molecule has 1 atom stereocenters. The van der Waals surface area contributed by atoms with Crippen LogP contribution in [0.2, 0.25) is 5.02 Å². The molecule has 0 aliphatic rings. The van der Waals surface area contributed by atoms with Crippen molar-refractivity contribution in [3.63, 3.8) is 0 Å². The largest absolute Gasteiger partial charge is 0.386 e. The normalized spacial score (nSPS) is 12.4. The minimum atomic E-state index is -0.645. The lowest BCUT2D eigenvalue weighted by molar-refractivity contribution is 0.172. The van der Waals surface area contributed by atoms with Crippen LogP contribution in [0.3, 0.4) is 0 Å². The van der Waals surface area contributed by atoms with E-state index < -0.39 is 6.10 Å². The molecule has 0 spiro atoms. The fraction of sp³-hybridized carbons (Fsp3) is 0.154. The number of pyridine rings is 1. The number of aromatic nitrogens is 1. The van der Waals surface area contributed by atoms with Crippen LogP contribution < -0.4 is 0 Å². The molecule has 0 saturated carbocycles. The molecule has 94 valence electrons. The molecule has 2 aromatic rings. The number of halogens is 3. The van der Waals surface area contributed by atoms with Crippen LogP contribution in [0.1, 0.15) is 17.4 Å². The maximum absolute atomic E-state index is 10.2. The Kier molecular flexibility index (Phi) is 4.78. The van der Waals surface area contributed by atoms with Crippen LogP contribution in [-0.2, 0) is 6.42 Å². The molecule has 1 unspecified atom stereocenters. The molecule has 0 saturated heterocycles. The summed E-state index contributed by atoms with van der Waals surface area (Å²) in [6.45, 7) is 0. The van der Waals surface area contributed by atoms with E-state index in [0.29, 0.717) is 17.1 Å². The summed E-state index contributed by atoms with van der Waals surface area (Å²) >= 11 is 12.6. The second-order valence-electron chi connectivity index (χ2n) is 3.87. The number of hydrogen-bond acceptors (Lipinski definition) is 2. The smallest absolute Gasteiger partial charge is 0.101 e. The average Bonchev–Trinajstić information content (AvgIpc) is 2.32. The standard InChI is InChI=1S/C13H10Br2ClNO/c14-9-6-11(15)13(17-7-9)12(18)5-8-1-3-10(16)4-2-8/h1-4,6-7,12,18H,5H2. The lowest BCUT2D eigenvalue weighted by Gasteiger charge is -2.12. The van der Waals surface area contributed by atoms with Crippen molar-refractivity contribution in [1.29, 1.82) is 0 Å². The van der Waals surface area contributed by atoms with Gasteiger partial charge in [-0.3, -0.25) is 4.98 Å². The van der Waals surface area contributed by atoms with Crippen LogP contribution in [0, 0.1) is 0 Å². The van der Waals surface area contributed by atoms with Gasteiger partial charge in [0.2, 0.25) is 0 Å². The van der Waals surface area contributed by atoms with Gasteiger partial charge in [0, 0.05) is 26.6 Å². The van der Waals surface area contributed by atoms with E-state index in [-0.39, 0.29) is 0 Å². The Bertz CT molecular complexity index is 545. The van der Waals surface area contributed by atoms with E-state index >= 15 is 0 Å². The highest BCUT2D eigenvalue weighted by Gasteiger charge is 2.14. The minimum absolute atomic E-state index is 0.504. The summed E-state index contributed by atoms with van der Waals surface area (Å²) in [5, 5.41) is 10.9. The molecule has 0 radical (unpaired) electrons. The number of rotatable bonds is 3. The van der Waals surface area contributed by atoms with Crippen LogP contribution in [0.15, 0.2) is 45.5 Å². The monoisotopic (exact) mass is 389 g/mol. The summed E-state index contributed by atoms with van der Waals surface area (Å²) in [6.07, 6.45) is 1.53. The molecule has 18 heavy (non-hydrogen) atoms. The van der Waals surface area contributed by atoms with E-state index in [1.807, 2.05) is 30.3 Å². The van der Waals surface area contributed by atoms with Crippen molar-refractivity contribution in [3.8, 4) is 0 Å². The van der Waals surface area contributed by atoms with Crippen molar-refractivity contribution in [2.45, 2.75) is 12.5 Å². The molecule has 1 aromatic heterocycles. The first-order chi connectivity index (χ1) is 8.56. The van der Waals surface area contributed by atoms with Crippen LogP contribution in [0.25, 0.3) is 0 Å². The SMILES string of the molecule is OC(Cc1ccc(Cl)cc1)c1ncc(Br)cc1Br. The number of hydrogen-bond donors (Lipinski definition) is 1. The lowest BCUT2D eigenvalue weighted by Crippen LogP contribution is -2.05. The molecular weight excluding hydrogens is 381 g/mol. The Balaban J connectivity index is 2.16. The van der Waals surface area contributed by atoms with Crippen LogP contribution in [0.5, 0.6) is 0 Å². The molecule has 2 nitrogen and oxygen atoms in total. The van der Waals surface area contributed by atoms with Gasteiger partial charge in [0.1, 0.15) is 6.10 Å². The fourth-order valence-corrected chi connectivity index (χ4v) is 2.99. The maximum Gasteiger partial charge on any atom is 0.101 e. The summed E-state index contributed by atoms with van der Waals surface area (Å²) in [6, 6.07) is 9.30. The summed E-state index contributed by atoms with van der Waals surface area (Å²) in [4.78, 5) is 4.22. The molecule has 1 aromatic carbocycles. The van der Waals surface area contributed by atoms with Gasteiger partial charge in [-0.25, -0.2) is 0 Å². The first-order valence-electron chi connectivity index (χ1n) is 5.29. The Labute approximate surface area is 127 Å². The van der Waals surface area contributed by atoms with E-state index in [1.165, 1.54) is 0 Å². The quantitative estimate of drug-likeness (QED) is 0.834. The predicted molar refractivity (Wildman–Crippen MR) is 79.8 cm³/mol. The van der Waals surface area contributed by atoms with Crippen molar-refractivity contribution in [3.05, 3.63) is 61.8 Å². The summed E-state index contributed by atoms with van der Waals surface area (Å²) < 4.78 is 1.66. The summed E-state index contributed by atoms with van der Waals surface area (Å²) in [7, 11) is 0. The Hall–Kier alpha value is -0.420. The Morgan fingerprint density at radius 1 is 1.22 bits per heavy atom. The molecule has 0 fully saturated rings. The number of nitrogens with zero attached hydrogens (tertiary/aromatic N) is 1. The van der Waals surface area contributed by atoms with E-state index in [9.17, 15) is 5.11 Å². The van der Waals surface area contributed by atoms with E-state index in [0.717, 1.165) is 14.5 Å². The summed E-state index contributed by atoms with van der Waals surface area (Å²) in [5.41, 5.74) is 1.65. The molecule has 5 heteroatoms.